The summed E-state index contributed by atoms with van der Waals surface area (Å²) < 4.78 is 2.40. The first kappa shape index (κ1) is 26.5. The summed E-state index contributed by atoms with van der Waals surface area (Å²) in [5.41, 5.74) is 8.87. The molecule has 3 fully saturated rings. The molecule has 2 saturated heterocycles. The number of nitrogens with one attached hydrogen (secondary N) is 2. The third kappa shape index (κ3) is 4.89. The van der Waals surface area contributed by atoms with Crippen LogP contribution in [0.3, 0.4) is 0 Å². The zero-order valence-corrected chi connectivity index (χ0v) is 24.3. The van der Waals surface area contributed by atoms with Crippen LogP contribution in [0, 0.1) is 19.8 Å². The highest BCUT2D eigenvalue weighted by Gasteiger charge is 2.48. The van der Waals surface area contributed by atoms with Gasteiger partial charge in [-0.15, -0.1) is 10.2 Å². The highest BCUT2D eigenvalue weighted by molar-refractivity contribution is 5.76. The third-order valence-corrected chi connectivity index (χ3v) is 9.84. The van der Waals surface area contributed by atoms with E-state index in [4.69, 9.17) is 5.10 Å². The summed E-state index contributed by atoms with van der Waals surface area (Å²) in [5, 5.41) is 15.5. The summed E-state index contributed by atoms with van der Waals surface area (Å²) >= 11 is 0. The Morgan fingerprint density at radius 1 is 0.951 bits per heavy atom. The Labute approximate surface area is 242 Å². The zero-order valence-electron chi connectivity index (χ0n) is 24.3. The number of aryl methyl sites for hydroxylation is 2. The molecule has 9 heteroatoms. The van der Waals surface area contributed by atoms with Gasteiger partial charge in [-0.1, -0.05) is 55.3 Å². The number of carbonyl (C=O) groups excluding carboxylic acids is 1. The number of hydrazine groups is 1. The largest absolute Gasteiger partial charge is 0.368 e. The molecule has 3 aliphatic heterocycles. The van der Waals surface area contributed by atoms with E-state index in [0.29, 0.717) is 18.4 Å². The molecule has 216 valence electrons. The Morgan fingerprint density at radius 2 is 1.76 bits per heavy atom. The smallest absolute Gasteiger partial charge is 0.243 e. The maximum atomic E-state index is 13.2. The van der Waals surface area contributed by atoms with Gasteiger partial charge in [0.15, 0.2) is 0 Å². The molecule has 41 heavy (non-hydrogen) atoms. The number of rotatable bonds is 6. The second-order valence-corrected chi connectivity index (χ2v) is 12.2. The number of hydrogen-bond donors (Lipinski definition) is 2. The van der Waals surface area contributed by atoms with E-state index in [9.17, 15) is 4.79 Å². The van der Waals surface area contributed by atoms with Crippen LogP contribution in [-0.2, 0) is 11.2 Å². The van der Waals surface area contributed by atoms with Crippen LogP contribution in [0.1, 0.15) is 73.2 Å². The summed E-state index contributed by atoms with van der Waals surface area (Å²) in [5.74, 6) is 2.69. The predicted molar refractivity (Wildman–Crippen MR) is 160 cm³/mol. The molecule has 9 nitrogen and oxygen atoms in total. The fraction of sp³-hybridized carbons (Fsp3) is 0.531. The second kappa shape index (κ2) is 11.1. The van der Waals surface area contributed by atoms with E-state index in [1.54, 1.807) is 0 Å². The molecule has 0 bridgehead atoms. The predicted octanol–water partition coefficient (Wildman–Crippen LogP) is 4.25. The van der Waals surface area contributed by atoms with E-state index in [-0.39, 0.29) is 18.2 Å². The van der Waals surface area contributed by atoms with Gasteiger partial charge in [0.2, 0.25) is 11.9 Å². The fourth-order valence-electron chi connectivity index (χ4n) is 7.46. The average molecular weight is 555 g/mol. The number of benzene rings is 2. The monoisotopic (exact) mass is 554 g/mol. The van der Waals surface area contributed by atoms with E-state index in [2.05, 4.69) is 92.7 Å². The number of aromatic nitrogens is 3. The zero-order chi connectivity index (χ0) is 27.9. The van der Waals surface area contributed by atoms with E-state index < -0.39 is 0 Å². The second-order valence-electron chi connectivity index (χ2n) is 12.2. The van der Waals surface area contributed by atoms with Crippen LogP contribution in [0.25, 0.3) is 0 Å². The minimum atomic E-state index is 0.0587. The number of fused-ring (bicyclic) bond motifs is 6. The number of hydrogen-bond acceptors (Lipinski definition) is 7. The van der Waals surface area contributed by atoms with Gasteiger partial charge in [-0.2, -0.15) is 0 Å². The highest BCUT2D eigenvalue weighted by atomic mass is 16.2. The molecule has 2 N–H and O–H groups in total. The first-order chi connectivity index (χ1) is 20.1. The van der Waals surface area contributed by atoms with Crippen molar-refractivity contribution in [3.8, 4) is 0 Å². The van der Waals surface area contributed by atoms with Crippen molar-refractivity contribution in [2.45, 2.75) is 77.2 Å². The first-order valence-corrected chi connectivity index (χ1v) is 15.5. The molecule has 4 atom stereocenters. The molecule has 1 amide bonds. The number of carbonyl (C=O) groups is 1. The van der Waals surface area contributed by atoms with Crippen LogP contribution in [-0.4, -0.2) is 57.9 Å². The fourth-order valence-corrected chi connectivity index (χ4v) is 7.46. The van der Waals surface area contributed by atoms with Gasteiger partial charge in [0.25, 0.3) is 0 Å². The van der Waals surface area contributed by atoms with Gasteiger partial charge < -0.3 is 9.80 Å². The minimum absolute atomic E-state index is 0.0587. The average Bonchev–Trinajstić information content (AvgIpc) is 3.65. The molecule has 1 aromatic heterocycles. The highest BCUT2D eigenvalue weighted by Crippen LogP contribution is 2.45. The van der Waals surface area contributed by atoms with Crippen molar-refractivity contribution in [2.24, 2.45) is 5.92 Å². The van der Waals surface area contributed by atoms with Gasteiger partial charge in [-0.25, -0.2) is 5.43 Å². The van der Waals surface area contributed by atoms with Crippen molar-refractivity contribution in [1.29, 1.82) is 0 Å². The Bertz CT molecular complexity index is 1380. The molecule has 7 rings (SSSR count). The maximum Gasteiger partial charge on any atom is 0.243 e. The number of anilines is 2. The molecule has 4 heterocycles. The SMILES string of the molecule is Cc1cccc(N2CCN(C(=O)CCCc3nnc4n3C3CCCCC3C3NC(c5ccccc5)NN43)CC2)c1C. The molecule has 0 spiro atoms. The quantitative estimate of drug-likeness (QED) is 0.472. The van der Waals surface area contributed by atoms with Crippen LogP contribution in [0.2, 0.25) is 0 Å². The number of piperazine rings is 1. The van der Waals surface area contributed by atoms with Gasteiger partial charge in [0, 0.05) is 56.7 Å². The summed E-state index contributed by atoms with van der Waals surface area (Å²) in [6.45, 7) is 7.70. The van der Waals surface area contributed by atoms with Gasteiger partial charge in [-0.3, -0.25) is 19.7 Å². The molecular formula is C32H42N8O. The maximum absolute atomic E-state index is 13.2. The molecular weight excluding hydrogens is 512 g/mol. The molecule has 0 radical (unpaired) electrons. The van der Waals surface area contributed by atoms with Crippen molar-refractivity contribution in [2.75, 3.05) is 36.1 Å². The standard InChI is InChI=1S/C32H42N8O/c1-22-10-8-15-26(23(22)2)37-18-20-38(21-19-37)29(41)17-9-16-28-34-35-32-39(28)27-14-7-6-13-25(27)31-33-30(36-40(31)32)24-11-4-3-5-12-24/h3-5,8,10-12,15,25,27,30-31,33,36H,6-7,9,13-14,16-21H2,1-2H3. The Kier molecular flexibility index (Phi) is 7.16. The van der Waals surface area contributed by atoms with Gasteiger partial charge in [0.05, 0.1) is 0 Å². The van der Waals surface area contributed by atoms with Crippen molar-refractivity contribution >= 4 is 17.5 Å². The lowest BCUT2D eigenvalue weighted by Gasteiger charge is -2.44. The van der Waals surface area contributed by atoms with Crippen LogP contribution in [0.15, 0.2) is 48.5 Å². The first-order valence-electron chi connectivity index (χ1n) is 15.5. The van der Waals surface area contributed by atoms with E-state index in [1.165, 1.54) is 41.6 Å². The lowest BCUT2D eigenvalue weighted by Crippen LogP contribution is -2.53. The van der Waals surface area contributed by atoms with Crippen LogP contribution in [0.4, 0.5) is 11.6 Å². The summed E-state index contributed by atoms with van der Waals surface area (Å²) in [6, 6.07) is 17.5. The van der Waals surface area contributed by atoms with Crippen molar-refractivity contribution in [1.82, 2.24) is 30.4 Å². The van der Waals surface area contributed by atoms with Gasteiger partial charge >= 0.3 is 0 Å². The van der Waals surface area contributed by atoms with Crippen LogP contribution < -0.4 is 20.7 Å². The van der Waals surface area contributed by atoms with E-state index in [0.717, 1.165) is 57.2 Å². The lowest BCUT2D eigenvalue weighted by atomic mass is 9.81. The Balaban J connectivity index is 0.992. The molecule has 1 saturated carbocycles. The molecule has 4 unspecified atom stereocenters. The summed E-state index contributed by atoms with van der Waals surface area (Å²) in [7, 11) is 0. The Hall–Kier alpha value is -3.43. The van der Waals surface area contributed by atoms with Gasteiger partial charge in [0.1, 0.15) is 18.2 Å². The topological polar surface area (TPSA) is 81.6 Å². The van der Waals surface area contributed by atoms with Crippen LogP contribution >= 0.6 is 0 Å². The molecule has 1 aliphatic carbocycles. The summed E-state index contributed by atoms with van der Waals surface area (Å²) in [6.07, 6.45) is 7.27. The normalized spacial score (nSPS) is 25.6. The molecule has 4 aliphatic rings. The number of amides is 1. The molecule has 2 aromatic carbocycles. The Morgan fingerprint density at radius 3 is 2.59 bits per heavy atom. The van der Waals surface area contributed by atoms with Gasteiger partial charge in [-0.05, 0) is 55.9 Å². The number of nitrogens with zero attached hydrogens (tertiary/aromatic N) is 6. The van der Waals surface area contributed by atoms with Crippen molar-refractivity contribution < 1.29 is 4.79 Å². The van der Waals surface area contributed by atoms with Crippen molar-refractivity contribution in [3.63, 3.8) is 0 Å². The third-order valence-electron chi connectivity index (χ3n) is 9.84. The minimum Gasteiger partial charge on any atom is -0.368 e. The van der Waals surface area contributed by atoms with Crippen LogP contribution in [0.5, 0.6) is 0 Å². The van der Waals surface area contributed by atoms with E-state index >= 15 is 0 Å². The molecule has 3 aromatic rings. The lowest BCUT2D eigenvalue weighted by molar-refractivity contribution is -0.131. The van der Waals surface area contributed by atoms with Crippen molar-refractivity contribution in [3.05, 3.63) is 71.0 Å². The summed E-state index contributed by atoms with van der Waals surface area (Å²) in [4.78, 5) is 17.6. The van der Waals surface area contributed by atoms with E-state index in [1.807, 2.05) is 4.90 Å².